The lowest BCUT2D eigenvalue weighted by atomic mass is 10.1. The second-order valence-corrected chi connectivity index (χ2v) is 7.96. The summed E-state index contributed by atoms with van der Waals surface area (Å²) in [6.07, 6.45) is 0.448. The van der Waals surface area contributed by atoms with Crippen LogP contribution in [-0.4, -0.2) is 36.7 Å². The maximum absolute atomic E-state index is 11.9. The van der Waals surface area contributed by atoms with Gasteiger partial charge in [-0.3, -0.25) is 30.6 Å². The van der Waals surface area contributed by atoms with E-state index in [4.69, 9.17) is 0 Å². The number of sulfone groups is 1. The van der Waals surface area contributed by atoms with E-state index in [1.54, 1.807) is 0 Å². The van der Waals surface area contributed by atoms with Crippen molar-refractivity contribution >= 4 is 27.3 Å². The highest BCUT2D eigenvalue weighted by atomic mass is 32.2. The lowest BCUT2D eigenvalue weighted by Crippen LogP contribution is -2.42. The normalized spacial score (nSPS) is 18.8. The molecule has 1 aromatic rings. The number of nitrogens with one attached hydrogen (secondary N) is 2. The van der Waals surface area contributed by atoms with E-state index >= 15 is 0 Å². The van der Waals surface area contributed by atoms with Crippen LogP contribution in [0.25, 0.3) is 0 Å². The van der Waals surface area contributed by atoms with E-state index in [-0.39, 0.29) is 35.1 Å². The second-order valence-electron chi connectivity index (χ2n) is 5.73. The van der Waals surface area contributed by atoms with E-state index < -0.39 is 26.6 Å². The van der Waals surface area contributed by atoms with E-state index in [1.165, 1.54) is 25.1 Å². The Labute approximate surface area is 138 Å². The number of hydrazine groups is 1. The second kappa shape index (κ2) is 6.95. The predicted octanol–water partition coefficient (Wildman–Crippen LogP) is 0.489. The Balaban J connectivity index is 1.88. The molecule has 1 unspecified atom stereocenters. The number of nitrogens with zero attached hydrogens (tertiary/aromatic N) is 1. The molecule has 1 heterocycles. The van der Waals surface area contributed by atoms with Gasteiger partial charge < -0.3 is 0 Å². The molecule has 0 bridgehead atoms. The quantitative estimate of drug-likeness (QED) is 0.596. The Kier molecular flexibility index (Phi) is 5.17. The predicted molar refractivity (Wildman–Crippen MR) is 84.8 cm³/mol. The number of carbonyl (C=O) groups is 2. The highest BCUT2D eigenvalue weighted by Gasteiger charge is 2.29. The first-order valence-corrected chi connectivity index (χ1v) is 9.05. The highest BCUT2D eigenvalue weighted by Crippen LogP contribution is 2.21. The van der Waals surface area contributed by atoms with Gasteiger partial charge in [0.15, 0.2) is 9.84 Å². The van der Waals surface area contributed by atoms with Gasteiger partial charge in [-0.2, -0.15) is 0 Å². The molecule has 1 aliphatic heterocycles. The van der Waals surface area contributed by atoms with Crippen molar-refractivity contribution in [2.75, 3.05) is 11.5 Å². The Morgan fingerprint density at radius 2 is 2.04 bits per heavy atom. The zero-order valence-corrected chi connectivity index (χ0v) is 13.8. The van der Waals surface area contributed by atoms with E-state index in [2.05, 4.69) is 10.9 Å². The van der Waals surface area contributed by atoms with E-state index in [0.29, 0.717) is 12.0 Å². The molecule has 0 aliphatic carbocycles. The minimum absolute atomic E-state index is 0.0127. The molecule has 2 amide bonds. The van der Waals surface area contributed by atoms with Gasteiger partial charge in [-0.05, 0) is 31.4 Å². The Bertz CT molecular complexity index is 790. The van der Waals surface area contributed by atoms with Crippen molar-refractivity contribution in [3.05, 3.63) is 39.4 Å². The molecular formula is C14H17N3O6S. The van der Waals surface area contributed by atoms with Crippen molar-refractivity contribution < 1.29 is 22.9 Å². The molecule has 10 heteroatoms. The van der Waals surface area contributed by atoms with Gasteiger partial charge in [0.05, 0.1) is 16.4 Å². The summed E-state index contributed by atoms with van der Waals surface area (Å²) in [5.41, 5.74) is 4.83. The Morgan fingerprint density at radius 3 is 2.58 bits per heavy atom. The van der Waals surface area contributed by atoms with Crippen molar-refractivity contribution in [1.29, 1.82) is 0 Å². The standard InChI is InChI=1S/C14H17N3O6S/c1-9-6-11(2-3-12(9)17(20)21)14(19)16-15-13(18)7-10-4-5-24(22,23)8-10/h2-3,6,10H,4-5,7-8H2,1H3,(H,15,18)(H,16,19). The van der Waals surface area contributed by atoms with Crippen LogP contribution in [0.2, 0.25) is 0 Å². The van der Waals surface area contributed by atoms with Crippen molar-refractivity contribution in [3.63, 3.8) is 0 Å². The van der Waals surface area contributed by atoms with Crippen LogP contribution in [0.5, 0.6) is 0 Å². The molecule has 1 fully saturated rings. The van der Waals surface area contributed by atoms with E-state index in [0.717, 1.165) is 0 Å². The SMILES string of the molecule is Cc1cc(C(=O)NNC(=O)CC2CCS(=O)(=O)C2)ccc1[N+](=O)[O-]. The summed E-state index contributed by atoms with van der Waals surface area (Å²) in [4.78, 5) is 33.9. The van der Waals surface area contributed by atoms with Crippen LogP contribution in [0.15, 0.2) is 18.2 Å². The van der Waals surface area contributed by atoms with E-state index in [1.807, 2.05) is 0 Å². The summed E-state index contributed by atoms with van der Waals surface area (Å²) >= 11 is 0. The van der Waals surface area contributed by atoms with Crippen molar-refractivity contribution in [1.82, 2.24) is 10.9 Å². The largest absolute Gasteiger partial charge is 0.273 e. The van der Waals surface area contributed by atoms with Crippen LogP contribution in [0.4, 0.5) is 5.69 Å². The topological polar surface area (TPSA) is 135 Å². The summed E-state index contributed by atoms with van der Waals surface area (Å²) in [7, 11) is -3.05. The van der Waals surface area contributed by atoms with Crippen LogP contribution < -0.4 is 10.9 Å². The first-order valence-electron chi connectivity index (χ1n) is 7.22. The molecule has 0 spiro atoms. The molecule has 130 valence electrons. The fourth-order valence-corrected chi connectivity index (χ4v) is 4.41. The summed E-state index contributed by atoms with van der Waals surface area (Å²) in [6.45, 7) is 1.51. The van der Waals surface area contributed by atoms with Crippen LogP contribution >= 0.6 is 0 Å². The first-order chi connectivity index (χ1) is 11.2. The van der Waals surface area contributed by atoms with Gasteiger partial charge in [0.1, 0.15) is 0 Å². The fraction of sp³-hybridized carbons (Fsp3) is 0.429. The molecule has 2 rings (SSSR count). The van der Waals surface area contributed by atoms with Crippen molar-refractivity contribution in [3.8, 4) is 0 Å². The zero-order valence-electron chi connectivity index (χ0n) is 12.9. The zero-order chi connectivity index (χ0) is 17.9. The van der Waals surface area contributed by atoms with Gasteiger partial charge in [0.25, 0.3) is 11.6 Å². The monoisotopic (exact) mass is 355 g/mol. The number of amides is 2. The minimum atomic E-state index is -3.05. The van der Waals surface area contributed by atoms with Gasteiger partial charge in [0.2, 0.25) is 5.91 Å². The number of nitro groups is 1. The maximum atomic E-state index is 11.9. The van der Waals surface area contributed by atoms with Crippen LogP contribution in [0.3, 0.4) is 0 Å². The molecule has 1 saturated heterocycles. The minimum Gasteiger partial charge on any atom is -0.273 e. The van der Waals surface area contributed by atoms with Crippen LogP contribution in [-0.2, 0) is 14.6 Å². The average molecular weight is 355 g/mol. The maximum Gasteiger partial charge on any atom is 0.272 e. The lowest BCUT2D eigenvalue weighted by molar-refractivity contribution is -0.385. The summed E-state index contributed by atoms with van der Waals surface area (Å²) in [5, 5.41) is 10.7. The third-order valence-electron chi connectivity index (χ3n) is 3.77. The van der Waals surface area contributed by atoms with Gasteiger partial charge in [-0.1, -0.05) is 0 Å². The summed E-state index contributed by atoms with van der Waals surface area (Å²) in [5.74, 6) is -1.27. The Morgan fingerprint density at radius 1 is 1.33 bits per heavy atom. The molecule has 0 radical (unpaired) electrons. The average Bonchev–Trinajstić information content (AvgIpc) is 2.83. The molecule has 0 aromatic heterocycles. The molecule has 0 saturated carbocycles. The number of hydrogen-bond donors (Lipinski definition) is 2. The molecular weight excluding hydrogens is 338 g/mol. The molecule has 2 N–H and O–H groups in total. The molecule has 9 nitrogen and oxygen atoms in total. The smallest absolute Gasteiger partial charge is 0.272 e. The van der Waals surface area contributed by atoms with Crippen LogP contribution in [0.1, 0.15) is 28.8 Å². The lowest BCUT2D eigenvalue weighted by Gasteiger charge is -2.10. The van der Waals surface area contributed by atoms with Crippen LogP contribution in [0, 0.1) is 23.0 Å². The number of carbonyl (C=O) groups excluding carboxylic acids is 2. The number of hydrogen-bond acceptors (Lipinski definition) is 6. The van der Waals surface area contributed by atoms with Crippen molar-refractivity contribution in [2.24, 2.45) is 5.92 Å². The summed E-state index contributed by atoms with van der Waals surface area (Å²) < 4.78 is 22.7. The molecule has 1 aliphatic rings. The molecule has 1 atom stereocenters. The third-order valence-corrected chi connectivity index (χ3v) is 5.61. The number of nitro benzene ring substituents is 1. The fourth-order valence-electron chi connectivity index (χ4n) is 2.55. The van der Waals surface area contributed by atoms with Gasteiger partial charge in [0, 0.05) is 23.6 Å². The molecule has 24 heavy (non-hydrogen) atoms. The third kappa shape index (κ3) is 4.51. The molecule has 1 aromatic carbocycles. The van der Waals surface area contributed by atoms with E-state index in [9.17, 15) is 28.1 Å². The summed E-state index contributed by atoms with van der Waals surface area (Å²) in [6, 6.07) is 3.86. The first kappa shape index (κ1) is 17.9. The van der Waals surface area contributed by atoms with Gasteiger partial charge in [-0.15, -0.1) is 0 Å². The van der Waals surface area contributed by atoms with Gasteiger partial charge in [-0.25, -0.2) is 8.42 Å². The number of rotatable bonds is 4. The number of aryl methyl sites for hydroxylation is 1. The van der Waals surface area contributed by atoms with Crippen molar-refractivity contribution in [2.45, 2.75) is 19.8 Å². The highest BCUT2D eigenvalue weighted by molar-refractivity contribution is 7.91. The number of benzene rings is 1. The van der Waals surface area contributed by atoms with Gasteiger partial charge >= 0.3 is 0 Å². The Hall–Kier alpha value is -2.49.